The van der Waals surface area contributed by atoms with Crippen molar-refractivity contribution < 1.29 is 9.53 Å². The Morgan fingerprint density at radius 1 is 0.912 bits per heavy atom. The van der Waals surface area contributed by atoms with E-state index in [9.17, 15) is 4.79 Å². The summed E-state index contributed by atoms with van der Waals surface area (Å²) < 4.78 is 5.87. The van der Waals surface area contributed by atoms with Crippen molar-refractivity contribution in [2.75, 3.05) is 16.8 Å². The number of fused-ring (bicyclic) bond motifs is 1. The molecule has 0 spiro atoms. The molecule has 0 saturated carbocycles. The molecule has 34 heavy (non-hydrogen) atoms. The van der Waals surface area contributed by atoms with Crippen LogP contribution in [0.1, 0.15) is 28.3 Å². The molecule has 0 radical (unpaired) electrons. The number of rotatable bonds is 7. The summed E-state index contributed by atoms with van der Waals surface area (Å²) >= 11 is 0. The molecule has 0 aliphatic heterocycles. The zero-order valence-corrected chi connectivity index (χ0v) is 18.6. The largest absolute Gasteiger partial charge is 0.383 e. The molecule has 1 aliphatic rings. The van der Waals surface area contributed by atoms with Crippen LogP contribution in [0.15, 0.2) is 78.9 Å². The van der Waals surface area contributed by atoms with Gasteiger partial charge in [0, 0.05) is 11.3 Å². The molecule has 1 heterocycles. The smallest absolute Gasteiger partial charge is 0.232 e. The standard InChI is InChI=1S/C27H25N5O2/c28-25-24(23(31-27(29)32-25)16-34-15-17-6-2-1-3-7-17)18-10-12-20(13-11-18)30-26(33)22-14-19-8-4-5-9-21(19)22/h1-13,22H,14-16H2,(H,30,33)(H4,28,29,31,32). The van der Waals surface area contributed by atoms with Crippen LogP contribution in [0.5, 0.6) is 0 Å². The van der Waals surface area contributed by atoms with E-state index < -0.39 is 0 Å². The molecule has 1 amide bonds. The van der Waals surface area contributed by atoms with Crippen LogP contribution >= 0.6 is 0 Å². The van der Waals surface area contributed by atoms with Crippen molar-refractivity contribution in [2.24, 2.45) is 0 Å². The highest BCUT2D eigenvalue weighted by Crippen LogP contribution is 2.36. The number of carbonyl (C=O) groups excluding carboxylic acids is 1. The van der Waals surface area contributed by atoms with Gasteiger partial charge in [-0.25, -0.2) is 4.98 Å². The third kappa shape index (κ3) is 4.46. The van der Waals surface area contributed by atoms with Gasteiger partial charge in [-0.2, -0.15) is 4.98 Å². The van der Waals surface area contributed by atoms with Crippen molar-refractivity contribution >= 4 is 23.4 Å². The van der Waals surface area contributed by atoms with Crippen LogP contribution in [-0.2, 0) is 29.2 Å². The summed E-state index contributed by atoms with van der Waals surface area (Å²) in [5, 5.41) is 3.01. The first kappa shape index (κ1) is 21.6. The zero-order chi connectivity index (χ0) is 23.5. The fourth-order valence-electron chi connectivity index (χ4n) is 4.25. The van der Waals surface area contributed by atoms with Crippen LogP contribution in [0, 0.1) is 0 Å². The fraction of sp³-hybridized carbons (Fsp3) is 0.148. The van der Waals surface area contributed by atoms with Crippen molar-refractivity contribution in [3.8, 4) is 11.1 Å². The minimum Gasteiger partial charge on any atom is -0.383 e. The van der Waals surface area contributed by atoms with Crippen LogP contribution < -0.4 is 16.8 Å². The SMILES string of the molecule is Nc1nc(N)c(-c2ccc(NC(=O)C3Cc4ccccc43)cc2)c(COCc2ccccc2)n1. The van der Waals surface area contributed by atoms with E-state index in [1.54, 1.807) is 0 Å². The van der Waals surface area contributed by atoms with Gasteiger partial charge in [0.15, 0.2) is 0 Å². The molecule has 7 heteroatoms. The van der Waals surface area contributed by atoms with E-state index in [1.165, 1.54) is 5.56 Å². The number of amides is 1. The van der Waals surface area contributed by atoms with Crippen molar-refractivity contribution in [1.82, 2.24) is 9.97 Å². The average Bonchev–Trinajstić information content (AvgIpc) is 2.81. The van der Waals surface area contributed by atoms with Gasteiger partial charge in [-0.1, -0.05) is 66.7 Å². The Bertz CT molecular complexity index is 1320. The van der Waals surface area contributed by atoms with E-state index in [1.807, 2.05) is 72.8 Å². The van der Waals surface area contributed by atoms with Crippen LogP contribution in [-0.4, -0.2) is 15.9 Å². The molecular formula is C27H25N5O2. The van der Waals surface area contributed by atoms with E-state index in [0.29, 0.717) is 17.9 Å². The summed E-state index contributed by atoms with van der Waals surface area (Å²) in [6.45, 7) is 0.681. The number of hydrogen-bond donors (Lipinski definition) is 3. The van der Waals surface area contributed by atoms with Crippen molar-refractivity contribution in [1.29, 1.82) is 0 Å². The number of hydrogen-bond acceptors (Lipinski definition) is 6. The third-order valence-electron chi connectivity index (χ3n) is 5.99. The molecule has 0 saturated heterocycles. The predicted octanol–water partition coefficient (Wildman–Crippen LogP) is 4.30. The summed E-state index contributed by atoms with van der Waals surface area (Å²) in [5.74, 6) is 0.278. The van der Waals surface area contributed by atoms with Crippen molar-refractivity contribution in [3.05, 3.63) is 101 Å². The van der Waals surface area contributed by atoms with Crippen LogP contribution in [0.2, 0.25) is 0 Å². The number of nitrogens with one attached hydrogen (secondary N) is 1. The Labute approximate surface area is 197 Å². The highest BCUT2D eigenvalue weighted by molar-refractivity contribution is 5.98. The lowest BCUT2D eigenvalue weighted by molar-refractivity contribution is -0.118. The summed E-state index contributed by atoms with van der Waals surface area (Å²) in [4.78, 5) is 21.2. The maximum absolute atomic E-state index is 12.7. The first-order chi connectivity index (χ1) is 16.6. The lowest BCUT2D eigenvalue weighted by atomic mass is 9.77. The molecule has 0 bridgehead atoms. The molecule has 1 unspecified atom stereocenters. The van der Waals surface area contributed by atoms with Gasteiger partial charge in [-0.05, 0) is 40.8 Å². The second-order valence-corrected chi connectivity index (χ2v) is 8.29. The van der Waals surface area contributed by atoms with Gasteiger partial charge in [0.2, 0.25) is 11.9 Å². The number of benzene rings is 3. The minimum absolute atomic E-state index is 0.00298. The van der Waals surface area contributed by atoms with Gasteiger partial charge < -0.3 is 21.5 Å². The first-order valence-electron chi connectivity index (χ1n) is 11.1. The summed E-state index contributed by atoms with van der Waals surface area (Å²) in [5.41, 5.74) is 18.3. The second kappa shape index (κ2) is 9.33. The number of nitrogen functional groups attached to an aromatic ring is 2. The Morgan fingerprint density at radius 3 is 2.41 bits per heavy atom. The van der Waals surface area contributed by atoms with E-state index in [-0.39, 0.29) is 30.2 Å². The molecule has 1 atom stereocenters. The van der Waals surface area contributed by atoms with E-state index in [0.717, 1.165) is 28.8 Å². The van der Waals surface area contributed by atoms with E-state index in [4.69, 9.17) is 16.2 Å². The number of ether oxygens (including phenoxy) is 1. The van der Waals surface area contributed by atoms with Gasteiger partial charge in [-0.3, -0.25) is 4.79 Å². The highest BCUT2D eigenvalue weighted by atomic mass is 16.5. The second-order valence-electron chi connectivity index (χ2n) is 8.29. The van der Waals surface area contributed by atoms with Gasteiger partial charge in [0.05, 0.1) is 24.8 Å². The van der Waals surface area contributed by atoms with Gasteiger partial charge >= 0.3 is 0 Å². The summed E-state index contributed by atoms with van der Waals surface area (Å²) in [7, 11) is 0. The molecule has 4 aromatic rings. The van der Waals surface area contributed by atoms with Gasteiger partial charge in [0.1, 0.15) is 5.82 Å². The molecule has 5 N–H and O–H groups in total. The van der Waals surface area contributed by atoms with Crippen LogP contribution in [0.25, 0.3) is 11.1 Å². The van der Waals surface area contributed by atoms with Gasteiger partial charge in [0.25, 0.3) is 0 Å². The average molecular weight is 452 g/mol. The highest BCUT2D eigenvalue weighted by Gasteiger charge is 2.31. The quantitative estimate of drug-likeness (QED) is 0.386. The molecule has 7 nitrogen and oxygen atoms in total. The Hall–Kier alpha value is -4.23. The Morgan fingerprint density at radius 2 is 1.65 bits per heavy atom. The van der Waals surface area contributed by atoms with Crippen LogP contribution in [0.3, 0.4) is 0 Å². The molecule has 170 valence electrons. The monoisotopic (exact) mass is 451 g/mol. The lowest BCUT2D eigenvalue weighted by Gasteiger charge is -2.28. The summed E-state index contributed by atoms with van der Waals surface area (Å²) in [6, 6.07) is 25.4. The lowest BCUT2D eigenvalue weighted by Crippen LogP contribution is -2.30. The maximum atomic E-state index is 12.7. The van der Waals surface area contributed by atoms with Crippen LogP contribution in [0.4, 0.5) is 17.5 Å². The van der Waals surface area contributed by atoms with Crippen molar-refractivity contribution in [3.63, 3.8) is 0 Å². The van der Waals surface area contributed by atoms with E-state index in [2.05, 4.69) is 21.4 Å². The topological polar surface area (TPSA) is 116 Å². The number of aromatic nitrogens is 2. The summed E-state index contributed by atoms with van der Waals surface area (Å²) in [6.07, 6.45) is 0.770. The number of carbonyl (C=O) groups is 1. The predicted molar refractivity (Wildman–Crippen MR) is 133 cm³/mol. The number of nitrogens with two attached hydrogens (primary N) is 2. The molecule has 3 aromatic carbocycles. The minimum atomic E-state index is -0.106. The van der Waals surface area contributed by atoms with Crippen molar-refractivity contribution in [2.45, 2.75) is 25.6 Å². The molecule has 1 aliphatic carbocycles. The van der Waals surface area contributed by atoms with Gasteiger partial charge in [-0.15, -0.1) is 0 Å². The molecule has 5 rings (SSSR count). The molecular weight excluding hydrogens is 426 g/mol. The molecule has 0 fully saturated rings. The van der Waals surface area contributed by atoms with E-state index >= 15 is 0 Å². The number of nitrogens with zero attached hydrogens (tertiary/aromatic N) is 2. The normalized spacial score (nSPS) is 14.2. The zero-order valence-electron chi connectivity index (χ0n) is 18.6. The first-order valence-corrected chi connectivity index (χ1v) is 11.1. The Balaban J connectivity index is 1.30. The third-order valence-corrected chi connectivity index (χ3v) is 5.99. The number of anilines is 3. The Kier molecular flexibility index (Phi) is 5.93. The fourth-order valence-corrected chi connectivity index (χ4v) is 4.25. The maximum Gasteiger partial charge on any atom is 0.232 e. The molecule has 1 aromatic heterocycles.